The van der Waals surface area contributed by atoms with Crippen molar-refractivity contribution >= 4 is 27.3 Å². The van der Waals surface area contributed by atoms with E-state index in [1.807, 2.05) is 24.3 Å². The lowest BCUT2D eigenvalue weighted by atomic mass is 10.0. The minimum absolute atomic E-state index is 0.0299. The van der Waals surface area contributed by atoms with Gasteiger partial charge in [0.25, 0.3) is 0 Å². The van der Waals surface area contributed by atoms with Crippen LogP contribution in [0.15, 0.2) is 47.4 Å². The Labute approximate surface area is 165 Å². The first-order chi connectivity index (χ1) is 13.5. The molecule has 0 bridgehead atoms. The summed E-state index contributed by atoms with van der Waals surface area (Å²) in [5.74, 6) is 0.770. The maximum Gasteiger partial charge on any atom is 0.243 e. The molecule has 8 heteroatoms. The molecule has 28 heavy (non-hydrogen) atoms. The summed E-state index contributed by atoms with van der Waals surface area (Å²) in [7, 11) is -1.92. The van der Waals surface area contributed by atoms with Crippen LogP contribution in [0.5, 0.6) is 5.75 Å². The first-order valence-corrected chi connectivity index (χ1v) is 10.7. The number of aryl methyl sites for hydroxylation is 1. The maximum atomic E-state index is 13.1. The molecule has 1 N–H and O–H groups in total. The summed E-state index contributed by atoms with van der Waals surface area (Å²) in [6.07, 6.45) is 0.951. The van der Waals surface area contributed by atoms with Crippen molar-refractivity contribution in [3.63, 3.8) is 0 Å². The molecule has 0 unspecified atom stereocenters. The predicted molar refractivity (Wildman–Crippen MR) is 107 cm³/mol. The van der Waals surface area contributed by atoms with Crippen LogP contribution in [-0.4, -0.2) is 51.9 Å². The Morgan fingerprint density at radius 2 is 1.68 bits per heavy atom. The average Bonchev–Trinajstić information content (AvgIpc) is 2.73. The molecule has 1 amide bonds. The molecule has 0 atom stereocenters. The van der Waals surface area contributed by atoms with Gasteiger partial charge in [0.1, 0.15) is 5.75 Å². The molecule has 148 valence electrons. The van der Waals surface area contributed by atoms with Gasteiger partial charge in [0.05, 0.1) is 12.0 Å². The molecule has 0 spiro atoms. The molecule has 2 aliphatic heterocycles. The minimum Gasteiger partial charge on any atom is -0.497 e. The summed E-state index contributed by atoms with van der Waals surface area (Å²) in [5, 5.41) is 2.79. The summed E-state index contributed by atoms with van der Waals surface area (Å²) in [4.78, 5) is 14.0. The number of anilines is 2. The Bertz CT molecular complexity index is 981. The first kappa shape index (κ1) is 18.8. The topological polar surface area (TPSA) is 79.0 Å². The number of hydrogen-bond donors (Lipinski definition) is 1. The van der Waals surface area contributed by atoms with Crippen LogP contribution < -0.4 is 15.0 Å². The number of amides is 1. The van der Waals surface area contributed by atoms with Crippen LogP contribution in [0.2, 0.25) is 0 Å². The van der Waals surface area contributed by atoms with Crippen molar-refractivity contribution < 1.29 is 17.9 Å². The van der Waals surface area contributed by atoms with Crippen LogP contribution in [0, 0.1) is 0 Å². The molecule has 0 aromatic heterocycles. The van der Waals surface area contributed by atoms with Gasteiger partial charge in [-0.15, -0.1) is 0 Å². The van der Waals surface area contributed by atoms with Crippen LogP contribution in [0.25, 0.3) is 0 Å². The molecule has 2 aromatic carbocycles. The van der Waals surface area contributed by atoms with Gasteiger partial charge in [0, 0.05) is 44.0 Å². The SMILES string of the molecule is COc1ccc(N2CCN(S(=O)(=O)c3ccc4c(c3)CCC(=O)N4)CC2)cc1. The van der Waals surface area contributed by atoms with Gasteiger partial charge in [-0.2, -0.15) is 4.31 Å². The fourth-order valence-corrected chi connectivity index (χ4v) is 5.12. The molecular weight excluding hydrogens is 378 g/mol. The lowest BCUT2D eigenvalue weighted by Gasteiger charge is -2.35. The number of fused-ring (bicyclic) bond motifs is 1. The highest BCUT2D eigenvalue weighted by atomic mass is 32.2. The zero-order valence-corrected chi connectivity index (χ0v) is 16.5. The smallest absolute Gasteiger partial charge is 0.243 e. The van der Waals surface area contributed by atoms with E-state index in [4.69, 9.17) is 4.74 Å². The molecule has 0 saturated carbocycles. The maximum absolute atomic E-state index is 13.1. The number of carbonyl (C=O) groups is 1. The molecule has 2 aliphatic rings. The molecule has 0 aliphatic carbocycles. The summed E-state index contributed by atoms with van der Waals surface area (Å²) in [6, 6.07) is 12.7. The second-order valence-corrected chi connectivity index (χ2v) is 8.89. The fraction of sp³-hybridized carbons (Fsp3) is 0.350. The van der Waals surface area contributed by atoms with E-state index in [2.05, 4.69) is 10.2 Å². The second kappa shape index (κ2) is 7.44. The number of methoxy groups -OCH3 is 1. The Balaban J connectivity index is 1.47. The number of benzene rings is 2. The van der Waals surface area contributed by atoms with E-state index in [9.17, 15) is 13.2 Å². The van der Waals surface area contributed by atoms with Crippen LogP contribution in [0.3, 0.4) is 0 Å². The largest absolute Gasteiger partial charge is 0.497 e. The molecule has 4 rings (SSSR count). The Morgan fingerprint density at radius 1 is 0.964 bits per heavy atom. The van der Waals surface area contributed by atoms with Crippen molar-refractivity contribution in [2.24, 2.45) is 0 Å². The number of carbonyl (C=O) groups excluding carboxylic acids is 1. The number of piperazine rings is 1. The number of hydrogen-bond acceptors (Lipinski definition) is 5. The summed E-state index contributed by atoms with van der Waals surface area (Å²) >= 11 is 0. The summed E-state index contributed by atoms with van der Waals surface area (Å²) in [5.41, 5.74) is 2.64. The second-order valence-electron chi connectivity index (χ2n) is 6.96. The number of sulfonamides is 1. The third-order valence-corrected chi connectivity index (χ3v) is 7.18. The molecule has 0 radical (unpaired) electrons. The van der Waals surface area contributed by atoms with Gasteiger partial charge < -0.3 is 15.0 Å². The molecule has 1 saturated heterocycles. The van der Waals surface area contributed by atoms with Crippen molar-refractivity contribution in [3.05, 3.63) is 48.0 Å². The molecule has 7 nitrogen and oxygen atoms in total. The van der Waals surface area contributed by atoms with Crippen molar-refractivity contribution in [1.82, 2.24) is 4.31 Å². The Kier molecular flexibility index (Phi) is 4.99. The van der Waals surface area contributed by atoms with E-state index in [-0.39, 0.29) is 5.91 Å². The fourth-order valence-electron chi connectivity index (χ4n) is 3.65. The number of rotatable bonds is 4. The van der Waals surface area contributed by atoms with E-state index >= 15 is 0 Å². The van der Waals surface area contributed by atoms with Crippen LogP contribution >= 0.6 is 0 Å². The number of ether oxygens (including phenoxy) is 1. The Morgan fingerprint density at radius 3 is 2.36 bits per heavy atom. The van der Waals surface area contributed by atoms with Gasteiger partial charge >= 0.3 is 0 Å². The molecule has 2 heterocycles. The highest BCUT2D eigenvalue weighted by molar-refractivity contribution is 7.89. The summed E-state index contributed by atoms with van der Waals surface area (Å²) < 4.78 is 32.9. The quantitative estimate of drug-likeness (QED) is 0.849. The average molecular weight is 401 g/mol. The van der Waals surface area contributed by atoms with E-state index in [1.165, 1.54) is 4.31 Å². The van der Waals surface area contributed by atoms with Crippen LogP contribution in [0.4, 0.5) is 11.4 Å². The normalized spacial score (nSPS) is 17.8. The van der Waals surface area contributed by atoms with Gasteiger partial charge in [-0.3, -0.25) is 4.79 Å². The Hall–Kier alpha value is -2.58. The van der Waals surface area contributed by atoms with Crippen LogP contribution in [-0.2, 0) is 21.2 Å². The molecule has 2 aromatic rings. The van der Waals surface area contributed by atoms with Crippen LogP contribution in [0.1, 0.15) is 12.0 Å². The summed E-state index contributed by atoms with van der Waals surface area (Å²) in [6.45, 7) is 2.13. The van der Waals surface area contributed by atoms with E-state index in [0.29, 0.717) is 49.6 Å². The highest BCUT2D eigenvalue weighted by Crippen LogP contribution is 2.28. The van der Waals surface area contributed by atoms with Gasteiger partial charge in [-0.1, -0.05) is 0 Å². The van der Waals surface area contributed by atoms with Gasteiger partial charge in [-0.05, 0) is 54.4 Å². The van der Waals surface area contributed by atoms with E-state index in [1.54, 1.807) is 25.3 Å². The highest BCUT2D eigenvalue weighted by Gasteiger charge is 2.29. The monoisotopic (exact) mass is 401 g/mol. The zero-order valence-electron chi connectivity index (χ0n) is 15.7. The van der Waals surface area contributed by atoms with Gasteiger partial charge in [0.15, 0.2) is 0 Å². The molecular formula is C20H23N3O4S. The minimum atomic E-state index is -3.55. The predicted octanol–water partition coefficient (Wildman–Crippen LogP) is 2.09. The standard InChI is InChI=1S/C20H23N3O4S/c1-27-17-5-3-16(4-6-17)22-10-12-23(13-11-22)28(25,26)18-7-8-19-15(14-18)2-9-20(24)21-19/h3-8,14H,2,9-13H2,1H3,(H,21,24). The lowest BCUT2D eigenvalue weighted by Crippen LogP contribution is -2.48. The van der Waals surface area contributed by atoms with Gasteiger partial charge in [-0.25, -0.2) is 8.42 Å². The first-order valence-electron chi connectivity index (χ1n) is 9.29. The third kappa shape index (κ3) is 3.57. The molecule has 1 fully saturated rings. The third-order valence-electron chi connectivity index (χ3n) is 5.29. The van der Waals surface area contributed by atoms with E-state index < -0.39 is 10.0 Å². The number of nitrogens with one attached hydrogen (secondary N) is 1. The van der Waals surface area contributed by atoms with E-state index in [0.717, 1.165) is 17.0 Å². The van der Waals surface area contributed by atoms with Crippen molar-refractivity contribution in [3.8, 4) is 5.75 Å². The number of nitrogens with zero attached hydrogens (tertiary/aromatic N) is 2. The van der Waals surface area contributed by atoms with Crippen molar-refractivity contribution in [2.45, 2.75) is 17.7 Å². The zero-order chi connectivity index (χ0) is 19.7. The van der Waals surface area contributed by atoms with Crippen molar-refractivity contribution in [2.75, 3.05) is 43.5 Å². The van der Waals surface area contributed by atoms with Crippen molar-refractivity contribution in [1.29, 1.82) is 0 Å². The lowest BCUT2D eigenvalue weighted by molar-refractivity contribution is -0.116. The van der Waals surface area contributed by atoms with Gasteiger partial charge in [0.2, 0.25) is 15.9 Å².